The third kappa shape index (κ3) is 4.21. The first kappa shape index (κ1) is 21.5. The second-order valence-corrected chi connectivity index (χ2v) is 10.5. The van der Waals surface area contributed by atoms with Gasteiger partial charge in [0.25, 0.3) is 5.56 Å². The van der Waals surface area contributed by atoms with Crippen molar-refractivity contribution in [2.75, 3.05) is 12.4 Å². The van der Waals surface area contributed by atoms with Crippen molar-refractivity contribution in [2.45, 2.75) is 44.6 Å². The van der Waals surface area contributed by atoms with Crippen molar-refractivity contribution in [2.24, 2.45) is 0 Å². The SMILES string of the molecule is CCOC(=O)CSc1nc2sc3c(c2c(=O)n1-c1ccc(Br)cc1)CC(C)(C)OC3. The van der Waals surface area contributed by atoms with Crippen LogP contribution in [-0.2, 0) is 27.3 Å². The van der Waals surface area contributed by atoms with Crippen LogP contribution in [0.25, 0.3) is 15.9 Å². The highest BCUT2D eigenvalue weighted by Crippen LogP contribution is 2.38. The van der Waals surface area contributed by atoms with E-state index < -0.39 is 0 Å². The number of hydrogen-bond donors (Lipinski definition) is 0. The number of carbonyl (C=O) groups is 1. The number of fused-ring (bicyclic) bond motifs is 3. The predicted octanol–water partition coefficient (Wildman–Crippen LogP) is 4.72. The molecule has 0 unspecified atom stereocenters. The maximum atomic E-state index is 13.7. The molecule has 0 spiro atoms. The predicted molar refractivity (Wildman–Crippen MR) is 123 cm³/mol. The number of thiophene rings is 1. The standard InChI is InChI=1S/C21H21BrN2O4S2/c1-4-27-16(25)11-29-20-23-18-17(14-9-21(2,3)28-10-15(14)30-18)19(26)24(20)13-7-5-12(22)6-8-13/h5-8H,4,9-11H2,1-3H3. The average Bonchev–Trinajstić information content (AvgIpc) is 3.04. The Labute approximate surface area is 190 Å². The molecular formula is C21H21BrN2O4S2. The van der Waals surface area contributed by atoms with Gasteiger partial charge in [-0.2, -0.15) is 0 Å². The Bertz CT molecular complexity index is 1170. The molecule has 0 radical (unpaired) electrons. The molecule has 0 saturated carbocycles. The van der Waals surface area contributed by atoms with Crippen molar-refractivity contribution in [1.82, 2.24) is 9.55 Å². The molecule has 0 fully saturated rings. The maximum absolute atomic E-state index is 13.7. The summed E-state index contributed by atoms with van der Waals surface area (Å²) in [7, 11) is 0. The summed E-state index contributed by atoms with van der Waals surface area (Å²) in [6, 6.07) is 7.48. The van der Waals surface area contributed by atoms with Crippen LogP contribution in [0.1, 0.15) is 31.2 Å². The molecule has 0 saturated heterocycles. The molecule has 9 heteroatoms. The van der Waals surface area contributed by atoms with Gasteiger partial charge in [0, 0.05) is 15.8 Å². The molecule has 0 N–H and O–H groups in total. The van der Waals surface area contributed by atoms with Crippen molar-refractivity contribution in [3.05, 3.63) is 49.5 Å². The summed E-state index contributed by atoms with van der Waals surface area (Å²) in [5.74, 6) is -0.247. The van der Waals surface area contributed by atoms with Gasteiger partial charge in [-0.15, -0.1) is 11.3 Å². The second-order valence-electron chi connectivity index (χ2n) is 7.51. The normalized spacial score (nSPS) is 15.2. The zero-order valence-electron chi connectivity index (χ0n) is 16.9. The minimum Gasteiger partial charge on any atom is -0.465 e. The van der Waals surface area contributed by atoms with E-state index >= 15 is 0 Å². The lowest BCUT2D eigenvalue weighted by molar-refractivity contribution is -0.139. The molecule has 4 rings (SSSR count). The first-order chi connectivity index (χ1) is 14.3. The van der Waals surface area contributed by atoms with Crippen molar-refractivity contribution >= 4 is 55.2 Å². The summed E-state index contributed by atoms with van der Waals surface area (Å²) in [5, 5.41) is 1.12. The van der Waals surface area contributed by atoms with Gasteiger partial charge in [0.1, 0.15) is 4.83 Å². The lowest BCUT2D eigenvalue weighted by Gasteiger charge is -2.29. The lowest BCUT2D eigenvalue weighted by Crippen LogP contribution is -2.32. The Kier molecular flexibility index (Phi) is 6.07. The molecule has 0 atom stereocenters. The molecule has 158 valence electrons. The number of ether oxygens (including phenoxy) is 2. The molecule has 1 aromatic carbocycles. The Hall–Kier alpha value is -1.68. The van der Waals surface area contributed by atoms with E-state index in [0.29, 0.717) is 40.7 Å². The van der Waals surface area contributed by atoms with Crippen molar-refractivity contribution in [3.63, 3.8) is 0 Å². The van der Waals surface area contributed by atoms with E-state index in [9.17, 15) is 9.59 Å². The van der Waals surface area contributed by atoms with Gasteiger partial charge in [0.2, 0.25) is 0 Å². The largest absolute Gasteiger partial charge is 0.465 e. The van der Waals surface area contributed by atoms with E-state index in [1.807, 2.05) is 38.1 Å². The fourth-order valence-electron chi connectivity index (χ4n) is 3.41. The van der Waals surface area contributed by atoms with Gasteiger partial charge in [-0.3, -0.25) is 14.2 Å². The number of halogens is 1. The summed E-state index contributed by atoms with van der Waals surface area (Å²) >= 11 is 6.14. The van der Waals surface area contributed by atoms with Gasteiger partial charge >= 0.3 is 5.97 Å². The Balaban J connectivity index is 1.89. The van der Waals surface area contributed by atoms with Crippen molar-refractivity contribution in [1.29, 1.82) is 0 Å². The average molecular weight is 509 g/mol. The van der Waals surface area contributed by atoms with E-state index in [-0.39, 0.29) is 22.9 Å². The zero-order chi connectivity index (χ0) is 21.5. The first-order valence-electron chi connectivity index (χ1n) is 9.54. The van der Waals surface area contributed by atoms with Crippen molar-refractivity contribution in [3.8, 4) is 5.69 Å². The smallest absolute Gasteiger partial charge is 0.316 e. The highest BCUT2D eigenvalue weighted by molar-refractivity contribution is 9.10. The lowest BCUT2D eigenvalue weighted by atomic mass is 9.94. The van der Waals surface area contributed by atoms with Crippen LogP contribution >= 0.6 is 39.0 Å². The molecule has 30 heavy (non-hydrogen) atoms. The molecule has 0 bridgehead atoms. The molecule has 0 aliphatic carbocycles. The van der Waals surface area contributed by atoms with Gasteiger partial charge in [-0.25, -0.2) is 4.98 Å². The van der Waals surface area contributed by atoms with E-state index in [0.717, 1.165) is 14.9 Å². The monoisotopic (exact) mass is 508 g/mol. The van der Waals surface area contributed by atoms with Crippen molar-refractivity contribution < 1.29 is 14.3 Å². The topological polar surface area (TPSA) is 70.4 Å². The molecule has 3 aromatic rings. The summed E-state index contributed by atoms with van der Waals surface area (Å²) < 4.78 is 13.5. The van der Waals surface area contributed by atoms with Crippen LogP contribution in [0.15, 0.2) is 38.7 Å². The Morgan fingerprint density at radius 2 is 2.10 bits per heavy atom. The van der Waals surface area contributed by atoms with Gasteiger partial charge in [0.05, 0.1) is 35.6 Å². The first-order valence-corrected chi connectivity index (χ1v) is 12.1. The highest BCUT2D eigenvalue weighted by Gasteiger charge is 2.31. The number of rotatable bonds is 5. The van der Waals surface area contributed by atoms with Crippen LogP contribution in [-0.4, -0.2) is 33.5 Å². The number of hydrogen-bond acceptors (Lipinski definition) is 7. The summed E-state index contributed by atoms with van der Waals surface area (Å²) in [6.45, 7) is 6.63. The fourth-order valence-corrected chi connectivity index (χ4v) is 5.63. The Morgan fingerprint density at radius 3 is 2.80 bits per heavy atom. The van der Waals surface area contributed by atoms with Crippen LogP contribution in [0.2, 0.25) is 0 Å². The van der Waals surface area contributed by atoms with Gasteiger partial charge in [-0.05, 0) is 50.6 Å². The van der Waals surface area contributed by atoms with Gasteiger partial charge in [0.15, 0.2) is 5.16 Å². The third-order valence-corrected chi connectivity index (χ3v) is 7.32. The van der Waals surface area contributed by atoms with E-state index in [1.54, 1.807) is 11.5 Å². The summed E-state index contributed by atoms with van der Waals surface area (Å²) in [4.78, 5) is 32.1. The molecule has 6 nitrogen and oxygen atoms in total. The van der Waals surface area contributed by atoms with E-state index in [1.165, 1.54) is 23.1 Å². The summed E-state index contributed by atoms with van der Waals surface area (Å²) in [6.07, 6.45) is 0.662. The number of esters is 1. The second kappa shape index (κ2) is 8.45. The molecule has 3 heterocycles. The van der Waals surface area contributed by atoms with Crippen LogP contribution in [0.5, 0.6) is 0 Å². The minimum atomic E-state index is -0.333. The number of benzene rings is 1. The highest BCUT2D eigenvalue weighted by atomic mass is 79.9. The molecular weight excluding hydrogens is 488 g/mol. The van der Waals surface area contributed by atoms with Gasteiger partial charge < -0.3 is 9.47 Å². The third-order valence-electron chi connectivity index (χ3n) is 4.78. The maximum Gasteiger partial charge on any atom is 0.316 e. The van der Waals surface area contributed by atoms with Crippen LogP contribution in [0, 0.1) is 0 Å². The zero-order valence-corrected chi connectivity index (χ0v) is 20.1. The van der Waals surface area contributed by atoms with E-state index in [4.69, 9.17) is 14.5 Å². The summed E-state index contributed by atoms with van der Waals surface area (Å²) in [5.41, 5.74) is 1.28. The quantitative estimate of drug-likeness (QED) is 0.282. The molecule has 1 aliphatic rings. The number of thioether (sulfide) groups is 1. The molecule has 2 aromatic heterocycles. The number of carbonyl (C=O) groups excluding carboxylic acids is 1. The number of aromatic nitrogens is 2. The van der Waals surface area contributed by atoms with Gasteiger partial charge in [-0.1, -0.05) is 27.7 Å². The van der Waals surface area contributed by atoms with Crippen LogP contribution in [0.4, 0.5) is 0 Å². The Morgan fingerprint density at radius 1 is 1.37 bits per heavy atom. The van der Waals surface area contributed by atoms with Crippen LogP contribution < -0.4 is 5.56 Å². The number of nitrogens with zero attached hydrogens (tertiary/aromatic N) is 2. The molecule has 0 amide bonds. The molecule has 1 aliphatic heterocycles. The van der Waals surface area contributed by atoms with Crippen LogP contribution in [0.3, 0.4) is 0 Å². The fraction of sp³-hybridized carbons (Fsp3) is 0.381. The minimum absolute atomic E-state index is 0.0869. The van der Waals surface area contributed by atoms with E-state index in [2.05, 4.69) is 15.9 Å².